The fourth-order valence-corrected chi connectivity index (χ4v) is 1.42. The average molecular weight is 193 g/mol. The maximum absolute atomic E-state index is 11.3. The van der Waals surface area contributed by atoms with E-state index in [1.165, 1.54) is 4.90 Å². The Hall–Kier alpha value is -1.55. The fourth-order valence-electron chi connectivity index (χ4n) is 1.42. The number of hydrogen-bond acceptors (Lipinski definition) is 3. The predicted octanol–water partition coefficient (Wildman–Crippen LogP) is 0.534. The molecule has 14 heavy (non-hydrogen) atoms. The van der Waals surface area contributed by atoms with Crippen molar-refractivity contribution in [2.75, 3.05) is 18.6 Å². The van der Waals surface area contributed by atoms with Gasteiger partial charge in [0.1, 0.15) is 5.75 Å². The summed E-state index contributed by atoms with van der Waals surface area (Å²) in [6.07, 6.45) is 0. The van der Waals surface area contributed by atoms with E-state index in [1.54, 1.807) is 25.2 Å². The maximum Gasteiger partial charge on any atom is 0.264 e. The second-order valence-corrected chi connectivity index (χ2v) is 3.20. The van der Waals surface area contributed by atoms with Crippen LogP contribution in [0.15, 0.2) is 18.2 Å². The molecule has 4 nitrogen and oxygen atoms in total. The third-order valence-corrected chi connectivity index (χ3v) is 2.29. The maximum atomic E-state index is 11.3. The number of anilines is 1. The van der Waals surface area contributed by atoms with Crippen molar-refractivity contribution in [3.8, 4) is 5.75 Å². The number of benzene rings is 1. The lowest BCUT2D eigenvalue weighted by atomic mass is 10.1. The molecule has 1 aliphatic rings. The number of fused-ring (bicyclic) bond motifs is 1. The summed E-state index contributed by atoms with van der Waals surface area (Å²) in [4.78, 5) is 12.8. The minimum absolute atomic E-state index is 0.0324. The van der Waals surface area contributed by atoms with Crippen molar-refractivity contribution in [2.45, 2.75) is 6.61 Å². The van der Waals surface area contributed by atoms with Crippen molar-refractivity contribution in [3.63, 3.8) is 0 Å². The number of rotatable bonds is 1. The van der Waals surface area contributed by atoms with Gasteiger partial charge in [-0.3, -0.25) is 4.79 Å². The van der Waals surface area contributed by atoms with Crippen molar-refractivity contribution in [1.29, 1.82) is 0 Å². The Labute approximate surface area is 81.7 Å². The number of carbonyl (C=O) groups is 1. The normalized spacial score (nSPS) is 15.0. The number of aliphatic hydroxyl groups is 1. The molecule has 1 N–H and O–H groups in total. The number of hydrogen-bond donors (Lipinski definition) is 1. The van der Waals surface area contributed by atoms with Gasteiger partial charge in [-0.25, -0.2) is 0 Å². The highest BCUT2D eigenvalue weighted by atomic mass is 16.5. The van der Waals surface area contributed by atoms with E-state index in [4.69, 9.17) is 9.84 Å². The van der Waals surface area contributed by atoms with E-state index in [-0.39, 0.29) is 19.1 Å². The number of aliphatic hydroxyl groups excluding tert-OH is 1. The van der Waals surface area contributed by atoms with Crippen LogP contribution in [-0.2, 0) is 11.4 Å². The topological polar surface area (TPSA) is 49.8 Å². The highest BCUT2D eigenvalue weighted by molar-refractivity contribution is 5.97. The lowest BCUT2D eigenvalue weighted by Gasteiger charge is -2.26. The van der Waals surface area contributed by atoms with Crippen LogP contribution in [0.2, 0.25) is 0 Å². The van der Waals surface area contributed by atoms with Crippen LogP contribution >= 0.6 is 0 Å². The summed E-state index contributed by atoms with van der Waals surface area (Å²) >= 11 is 0. The first-order chi connectivity index (χ1) is 6.72. The Morgan fingerprint density at radius 3 is 3.07 bits per heavy atom. The molecular formula is C10H11NO3. The molecule has 1 amide bonds. The number of likely N-dealkylation sites (N-methyl/N-ethyl adjacent to an activating group) is 1. The van der Waals surface area contributed by atoms with E-state index in [0.717, 1.165) is 5.56 Å². The highest BCUT2D eigenvalue weighted by Gasteiger charge is 2.21. The fraction of sp³-hybridized carbons (Fsp3) is 0.300. The molecule has 0 aromatic heterocycles. The van der Waals surface area contributed by atoms with Crippen LogP contribution in [0.4, 0.5) is 5.69 Å². The van der Waals surface area contributed by atoms with Gasteiger partial charge in [0.2, 0.25) is 0 Å². The lowest BCUT2D eigenvalue weighted by Crippen LogP contribution is -2.35. The standard InChI is InChI=1S/C10H11NO3/c1-11-8-4-7(5-12)2-3-9(8)14-6-10(11)13/h2-4,12H,5-6H2,1H3. The molecule has 74 valence electrons. The predicted molar refractivity (Wildman–Crippen MR) is 51.3 cm³/mol. The molecule has 0 saturated carbocycles. The van der Waals surface area contributed by atoms with E-state index in [2.05, 4.69) is 0 Å². The summed E-state index contributed by atoms with van der Waals surface area (Å²) < 4.78 is 5.23. The second-order valence-electron chi connectivity index (χ2n) is 3.20. The molecule has 0 spiro atoms. The molecule has 0 saturated heterocycles. The van der Waals surface area contributed by atoms with Crippen LogP contribution in [0.3, 0.4) is 0 Å². The molecule has 0 bridgehead atoms. The number of carbonyl (C=O) groups excluding carboxylic acids is 1. The Morgan fingerprint density at radius 2 is 2.36 bits per heavy atom. The van der Waals surface area contributed by atoms with Gasteiger partial charge in [-0.1, -0.05) is 6.07 Å². The summed E-state index contributed by atoms with van der Waals surface area (Å²) in [5.41, 5.74) is 1.49. The van der Waals surface area contributed by atoms with E-state index in [9.17, 15) is 4.79 Å². The third kappa shape index (κ3) is 1.33. The number of nitrogens with zero attached hydrogens (tertiary/aromatic N) is 1. The van der Waals surface area contributed by atoms with Crippen LogP contribution < -0.4 is 9.64 Å². The molecule has 1 heterocycles. The van der Waals surface area contributed by atoms with Gasteiger partial charge in [-0.05, 0) is 17.7 Å². The molecule has 4 heteroatoms. The second kappa shape index (κ2) is 3.31. The van der Waals surface area contributed by atoms with Gasteiger partial charge in [0, 0.05) is 7.05 Å². The van der Waals surface area contributed by atoms with E-state index >= 15 is 0 Å². The Bertz CT molecular complexity index is 376. The minimum Gasteiger partial charge on any atom is -0.482 e. The Kier molecular flexibility index (Phi) is 2.13. The van der Waals surface area contributed by atoms with Crippen LogP contribution in [-0.4, -0.2) is 24.7 Å². The molecule has 0 radical (unpaired) electrons. The molecule has 1 aliphatic heterocycles. The van der Waals surface area contributed by atoms with E-state index in [1.807, 2.05) is 0 Å². The SMILES string of the molecule is CN1C(=O)COc2ccc(CO)cc21. The van der Waals surface area contributed by atoms with Gasteiger partial charge in [-0.2, -0.15) is 0 Å². The first kappa shape index (κ1) is 9.02. The molecule has 2 rings (SSSR count). The number of amides is 1. The van der Waals surface area contributed by atoms with Crippen LogP contribution in [0, 0.1) is 0 Å². The van der Waals surface area contributed by atoms with Gasteiger partial charge >= 0.3 is 0 Å². The van der Waals surface area contributed by atoms with Crippen LogP contribution in [0.5, 0.6) is 5.75 Å². The zero-order valence-electron chi connectivity index (χ0n) is 7.86. The summed E-state index contributed by atoms with van der Waals surface area (Å²) in [5.74, 6) is 0.608. The van der Waals surface area contributed by atoms with Crippen molar-refractivity contribution in [2.24, 2.45) is 0 Å². The summed E-state index contributed by atoms with van der Waals surface area (Å²) in [5, 5.41) is 8.95. The summed E-state index contributed by atoms with van der Waals surface area (Å²) in [7, 11) is 1.70. The van der Waals surface area contributed by atoms with Gasteiger partial charge in [-0.15, -0.1) is 0 Å². The summed E-state index contributed by atoms with van der Waals surface area (Å²) in [6.45, 7) is 0.0529. The number of ether oxygens (including phenoxy) is 1. The van der Waals surface area contributed by atoms with Crippen molar-refractivity contribution < 1.29 is 14.6 Å². The van der Waals surface area contributed by atoms with Crippen molar-refractivity contribution >= 4 is 11.6 Å². The molecule has 0 unspecified atom stereocenters. The smallest absolute Gasteiger partial charge is 0.264 e. The average Bonchev–Trinajstić information content (AvgIpc) is 2.23. The quantitative estimate of drug-likeness (QED) is 0.708. The third-order valence-electron chi connectivity index (χ3n) is 2.29. The van der Waals surface area contributed by atoms with E-state index in [0.29, 0.717) is 11.4 Å². The zero-order valence-corrected chi connectivity index (χ0v) is 7.86. The molecule has 1 aromatic rings. The van der Waals surface area contributed by atoms with Crippen molar-refractivity contribution in [3.05, 3.63) is 23.8 Å². The lowest BCUT2D eigenvalue weighted by molar-refractivity contribution is -0.120. The highest BCUT2D eigenvalue weighted by Crippen LogP contribution is 2.31. The van der Waals surface area contributed by atoms with Crippen LogP contribution in [0.1, 0.15) is 5.56 Å². The minimum atomic E-state index is -0.0763. The molecular weight excluding hydrogens is 182 g/mol. The zero-order chi connectivity index (χ0) is 10.1. The largest absolute Gasteiger partial charge is 0.482 e. The first-order valence-corrected chi connectivity index (χ1v) is 4.35. The van der Waals surface area contributed by atoms with Crippen LogP contribution in [0.25, 0.3) is 0 Å². The molecule has 0 atom stereocenters. The van der Waals surface area contributed by atoms with Crippen molar-refractivity contribution in [1.82, 2.24) is 0 Å². The monoisotopic (exact) mass is 193 g/mol. The summed E-state index contributed by atoms with van der Waals surface area (Å²) in [6, 6.07) is 5.30. The van der Waals surface area contributed by atoms with Gasteiger partial charge in [0.25, 0.3) is 5.91 Å². The Balaban J connectivity index is 2.46. The molecule has 0 aliphatic carbocycles. The van der Waals surface area contributed by atoms with E-state index < -0.39 is 0 Å². The Morgan fingerprint density at radius 1 is 1.57 bits per heavy atom. The van der Waals surface area contributed by atoms with Gasteiger partial charge in [0.05, 0.1) is 12.3 Å². The first-order valence-electron chi connectivity index (χ1n) is 4.35. The molecule has 1 aromatic carbocycles. The van der Waals surface area contributed by atoms with Gasteiger partial charge in [0.15, 0.2) is 6.61 Å². The van der Waals surface area contributed by atoms with Gasteiger partial charge < -0.3 is 14.7 Å². The molecule has 0 fully saturated rings.